The lowest BCUT2D eigenvalue weighted by molar-refractivity contribution is -0.137. The van der Waals surface area contributed by atoms with Gasteiger partial charge in [0.25, 0.3) is 5.91 Å². The molecule has 1 amide bonds. The number of ether oxygens (including phenoxy) is 1. The molecule has 2 fully saturated rings. The van der Waals surface area contributed by atoms with Crippen LogP contribution in [0.15, 0.2) is 42.5 Å². The lowest BCUT2D eigenvalue weighted by Gasteiger charge is -2.43. The average Bonchev–Trinajstić information content (AvgIpc) is 2.87. The zero-order valence-corrected chi connectivity index (χ0v) is 25.3. The molecule has 2 saturated heterocycles. The summed E-state index contributed by atoms with van der Waals surface area (Å²) in [6.07, 6.45) is -3.57. The molecule has 2 heterocycles. The maximum Gasteiger partial charge on any atom is 0.416 e. The Morgan fingerprint density at radius 2 is 1.60 bits per heavy atom. The van der Waals surface area contributed by atoms with Crippen LogP contribution in [0.25, 0.3) is 0 Å². The first kappa shape index (κ1) is 34.5. The highest BCUT2D eigenvalue weighted by Gasteiger charge is 2.35. The summed E-state index contributed by atoms with van der Waals surface area (Å²) < 4.78 is 46.5. The molecule has 2 unspecified atom stereocenters. The third-order valence-corrected chi connectivity index (χ3v) is 7.49. The fourth-order valence-corrected chi connectivity index (χ4v) is 5.56. The molecule has 0 aliphatic carbocycles. The van der Waals surface area contributed by atoms with Gasteiger partial charge < -0.3 is 15.0 Å². The fourth-order valence-electron chi connectivity index (χ4n) is 5.43. The van der Waals surface area contributed by atoms with E-state index in [-0.39, 0.29) is 60.2 Å². The molecule has 0 radical (unpaired) electrons. The van der Waals surface area contributed by atoms with Crippen molar-refractivity contribution in [1.82, 2.24) is 14.7 Å². The van der Waals surface area contributed by atoms with E-state index in [4.69, 9.17) is 16.3 Å². The minimum atomic E-state index is -4.54. The number of carbonyl (C=O) groups excluding carboxylic acids is 1. The molecule has 224 valence electrons. The fraction of sp³-hybridized carbons (Fsp3) is 0.536. The lowest BCUT2D eigenvalue weighted by Crippen LogP contribution is -2.57. The number of morpholine rings is 1. The summed E-state index contributed by atoms with van der Waals surface area (Å²) in [4.78, 5) is 20.1. The van der Waals surface area contributed by atoms with E-state index in [9.17, 15) is 18.0 Å². The molecule has 2 aromatic carbocycles. The zero-order valence-electron chi connectivity index (χ0n) is 22.9. The average molecular weight is 626 g/mol. The van der Waals surface area contributed by atoms with Crippen LogP contribution >= 0.6 is 36.4 Å². The Kier molecular flexibility index (Phi) is 12.9. The number of amides is 1. The van der Waals surface area contributed by atoms with Crippen molar-refractivity contribution in [3.63, 3.8) is 0 Å². The second kappa shape index (κ2) is 14.9. The maximum absolute atomic E-state index is 13.7. The zero-order chi connectivity index (χ0) is 27.4. The van der Waals surface area contributed by atoms with Gasteiger partial charge in [-0.2, -0.15) is 13.2 Å². The number of hydrogen-bond acceptors (Lipinski definition) is 5. The monoisotopic (exact) mass is 624 g/mol. The standard InChI is InChI=1S/C28H36ClF3N4O2.2ClH/c1-19-16-35(17-20(2)38-19)9-8-34-10-11-36(26(18-34)12-21-4-6-24(29)7-5-21)27(37)22-13-23(28(30,31)32)15-25(14-22)33-3;;/h4-7,13-15,19-20,26,33H,8-12,16-18H2,1-3H3;2*1H/t19?,20?,26-;;/m1../s1. The van der Waals surface area contributed by atoms with Crippen LogP contribution in [0.5, 0.6) is 0 Å². The van der Waals surface area contributed by atoms with Crippen molar-refractivity contribution in [3.8, 4) is 0 Å². The van der Waals surface area contributed by atoms with Gasteiger partial charge in [-0.3, -0.25) is 14.6 Å². The Bertz CT molecular complexity index is 1100. The summed E-state index contributed by atoms with van der Waals surface area (Å²) in [7, 11) is 1.54. The van der Waals surface area contributed by atoms with Gasteiger partial charge in [0.15, 0.2) is 0 Å². The van der Waals surface area contributed by atoms with Crippen LogP contribution < -0.4 is 5.32 Å². The van der Waals surface area contributed by atoms with E-state index in [1.54, 1.807) is 11.9 Å². The minimum absolute atomic E-state index is 0. The molecule has 6 nitrogen and oxygen atoms in total. The summed E-state index contributed by atoms with van der Waals surface area (Å²) in [6.45, 7) is 9.45. The molecule has 4 rings (SSSR count). The molecular formula is C28H38Cl3F3N4O2. The van der Waals surface area contributed by atoms with Crippen molar-refractivity contribution in [2.75, 3.05) is 58.2 Å². The van der Waals surface area contributed by atoms with Crippen molar-refractivity contribution in [2.45, 2.75) is 44.7 Å². The first-order chi connectivity index (χ1) is 18.0. The number of alkyl halides is 3. The van der Waals surface area contributed by atoms with E-state index < -0.39 is 11.7 Å². The number of anilines is 1. The predicted molar refractivity (Wildman–Crippen MR) is 158 cm³/mol. The maximum atomic E-state index is 13.7. The molecule has 2 aromatic rings. The van der Waals surface area contributed by atoms with Crippen LogP contribution in [0.2, 0.25) is 5.02 Å². The summed E-state index contributed by atoms with van der Waals surface area (Å²) in [6, 6.07) is 10.8. The highest BCUT2D eigenvalue weighted by molar-refractivity contribution is 6.30. The first-order valence-electron chi connectivity index (χ1n) is 13.1. The molecule has 0 bridgehead atoms. The van der Waals surface area contributed by atoms with Crippen LogP contribution in [-0.2, 0) is 17.3 Å². The van der Waals surface area contributed by atoms with Gasteiger partial charge in [-0.25, -0.2) is 0 Å². The van der Waals surface area contributed by atoms with Crippen molar-refractivity contribution < 1.29 is 22.7 Å². The van der Waals surface area contributed by atoms with Gasteiger partial charge in [0.2, 0.25) is 0 Å². The quantitative estimate of drug-likeness (QED) is 0.427. The smallest absolute Gasteiger partial charge is 0.388 e. The molecule has 12 heteroatoms. The second-order valence-corrected chi connectivity index (χ2v) is 10.8. The Morgan fingerprint density at radius 1 is 0.975 bits per heavy atom. The van der Waals surface area contributed by atoms with Gasteiger partial charge in [0.1, 0.15) is 0 Å². The van der Waals surface area contributed by atoms with Crippen LogP contribution in [0, 0.1) is 0 Å². The highest BCUT2D eigenvalue weighted by Crippen LogP contribution is 2.32. The van der Waals surface area contributed by atoms with E-state index in [1.807, 2.05) is 24.3 Å². The second-order valence-electron chi connectivity index (χ2n) is 10.3. The number of nitrogens with zero attached hydrogens (tertiary/aromatic N) is 3. The summed E-state index contributed by atoms with van der Waals surface area (Å²) in [5.74, 6) is -0.387. The van der Waals surface area contributed by atoms with Crippen LogP contribution in [0.4, 0.5) is 18.9 Å². The Morgan fingerprint density at radius 3 is 2.20 bits per heavy atom. The van der Waals surface area contributed by atoms with Gasteiger partial charge >= 0.3 is 6.18 Å². The van der Waals surface area contributed by atoms with Gasteiger partial charge in [0.05, 0.1) is 17.8 Å². The first-order valence-corrected chi connectivity index (χ1v) is 13.4. The van der Waals surface area contributed by atoms with E-state index in [1.165, 1.54) is 6.07 Å². The molecule has 0 aromatic heterocycles. The van der Waals surface area contributed by atoms with E-state index in [0.29, 0.717) is 31.1 Å². The van der Waals surface area contributed by atoms with Crippen molar-refractivity contribution in [3.05, 3.63) is 64.2 Å². The van der Waals surface area contributed by atoms with E-state index in [0.717, 1.165) is 43.9 Å². The Labute approximate surface area is 252 Å². The number of halogens is 6. The van der Waals surface area contributed by atoms with E-state index >= 15 is 0 Å². The molecule has 0 spiro atoms. The number of rotatable bonds is 7. The molecule has 0 saturated carbocycles. The molecule has 2 aliphatic heterocycles. The summed E-state index contributed by atoms with van der Waals surface area (Å²) in [5.41, 5.74) is 0.476. The Balaban J connectivity index is 0.00000280. The van der Waals surface area contributed by atoms with Crippen molar-refractivity contribution in [1.29, 1.82) is 0 Å². The normalized spacial score (nSPS) is 22.3. The van der Waals surface area contributed by atoms with Crippen LogP contribution in [0.1, 0.15) is 35.3 Å². The van der Waals surface area contributed by atoms with Crippen molar-refractivity contribution >= 4 is 48.0 Å². The number of nitrogens with one attached hydrogen (secondary N) is 1. The van der Waals surface area contributed by atoms with Crippen molar-refractivity contribution in [2.24, 2.45) is 0 Å². The Hall–Kier alpha value is -1.75. The third kappa shape index (κ3) is 9.13. The number of carbonyl (C=O) groups is 1. The highest BCUT2D eigenvalue weighted by atomic mass is 35.5. The molecule has 3 atom stereocenters. The summed E-state index contributed by atoms with van der Waals surface area (Å²) in [5, 5.41) is 3.38. The lowest BCUT2D eigenvalue weighted by atomic mass is 10.00. The largest absolute Gasteiger partial charge is 0.416 e. The number of piperazine rings is 1. The van der Waals surface area contributed by atoms with E-state index in [2.05, 4.69) is 29.0 Å². The van der Waals surface area contributed by atoms with Gasteiger partial charge in [-0.05, 0) is 56.2 Å². The van der Waals surface area contributed by atoms with Gasteiger partial charge in [0, 0.05) is 75.2 Å². The number of benzene rings is 2. The SMILES string of the molecule is CNc1cc(C(=O)N2CCN(CCN3CC(C)OC(C)C3)C[C@H]2Cc2ccc(Cl)cc2)cc(C(F)(F)F)c1.Cl.Cl. The van der Waals surface area contributed by atoms with Gasteiger partial charge in [-0.15, -0.1) is 24.8 Å². The minimum Gasteiger partial charge on any atom is -0.388 e. The number of hydrogen-bond donors (Lipinski definition) is 1. The van der Waals surface area contributed by atoms with Gasteiger partial charge in [-0.1, -0.05) is 23.7 Å². The van der Waals surface area contributed by atoms with Crippen LogP contribution in [0.3, 0.4) is 0 Å². The third-order valence-electron chi connectivity index (χ3n) is 7.24. The summed E-state index contributed by atoms with van der Waals surface area (Å²) >= 11 is 6.07. The predicted octanol–water partition coefficient (Wildman–Crippen LogP) is 5.72. The molecule has 1 N–H and O–H groups in total. The molecule has 40 heavy (non-hydrogen) atoms. The molecule has 2 aliphatic rings. The topological polar surface area (TPSA) is 48.1 Å². The van der Waals surface area contributed by atoms with Crippen LogP contribution in [-0.4, -0.2) is 91.7 Å². The molecular weight excluding hydrogens is 588 g/mol.